The number of sulfonamides is 1. The van der Waals surface area contributed by atoms with E-state index in [9.17, 15) is 8.42 Å². The summed E-state index contributed by atoms with van der Waals surface area (Å²) in [6, 6.07) is 3.24. The van der Waals surface area contributed by atoms with Gasteiger partial charge in [0.05, 0.1) is 0 Å². The molecule has 1 heterocycles. The van der Waals surface area contributed by atoms with Gasteiger partial charge in [-0.3, -0.25) is 0 Å². The smallest absolute Gasteiger partial charge is 0.244 e. The third kappa shape index (κ3) is 3.30. The molecule has 1 fully saturated rings. The Hall–Kier alpha value is -1.14. The maximum atomic E-state index is 12.5. The minimum atomic E-state index is -3.52. The van der Waals surface area contributed by atoms with Crippen molar-refractivity contribution in [2.45, 2.75) is 44.0 Å². The lowest BCUT2D eigenvalue weighted by Gasteiger charge is -2.32. The summed E-state index contributed by atoms with van der Waals surface area (Å²) in [6.45, 7) is 4.42. The molecule has 1 saturated carbocycles. The van der Waals surface area contributed by atoms with Crippen LogP contribution in [-0.2, 0) is 10.0 Å². The van der Waals surface area contributed by atoms with Gasteiger partial charge in [-0.1, -0.05) is 13.8 Å². The minimum absolute atomic E-state index is 0.0242. The zero-order valence-electron chi connectivity index (χ0n) is 12.3. The van der Waals surface area contributed by atoms with Gasteiger partial charge >= 0.3 is 0 Å². The first-order chi connectivity index (χ1) is 9.44. The van der Waals surface area contributed by atoms with Crippen molar-refractivity contribution < 1.29 is 8.42 Å². The van der Waals surface area contributed by atoms with Crippen molar-refractivity contribution in [1.29, 1.82) is 0 Å². The van der Waals surface area contributed by atoms with Gasteiger partial charge in [0.25, 0.3) is 0 Å². The molecular weight excluding hydrogens is 274 g/mol. The van der Waals surface area contributed by atoms with E-state index in [1.54, 1.807) is 25.4 Å². The summed E-state index contributed by atoms with van der Waals surface area (Å²) in [5.41, 5.74) is 0. The van der Waals surface area contributed by atoms with Crippen LogP contribution in [0.5, 0.6) is 0 Å². The molecule has 0 spiro atoms. The summed E-state index contributed by atoms with van der Waals surface area (Å²) in [7, 11) is -1.85. The van der Waals surface area contributed by atoms with Crippen LogP contribution in [0.15, 0.2) is 23.2 Å². The molecule has 0 aromatic carbocycles. The second-order valence-electron chi connectivity index (χ2n) is 5.69. The minimum Gasteiger partial charge on any atom is -0.372 e. The number of hydrogen-bond donors (Lipinski definition) is 2. The summed E-state index contributed by atoms with van der Waals surface area (Å²) in [5.74, 6) is 1.60. The van der Waals surface area contributed by atoms with Crippen molar-refractivity contribution in [3.05, 3.63) is 18.3 Å². The molecule has 2 rings (SSSR count). The predicted molar refractivity (Wildman–Crippen MR) is 80.1 cm³/mol. The van der Waals surface area contributed by atoms with Gasteiger partial charge in [0.15, 0.2) is 0 Å². The van der Waals surface area contributed by atoms with Crippen molar-refractivity contribution in [1.82, 2.24) is 9.71 Å². The van der Waals surface area contributed by atoms with Crippen LogP contribution in [0.1, 0.15) is 33.1 Å². The fourth-order valence-corrected chi connectivity index (χ4v) is 4.18. The highest BCUT2D eigenvalue weighted by Crippen LogP contribution is 2.30. The topological polar surface area (TPSA) is 71.1 Å². The van der Waals surface area contributed by atoms with Crippen LogP contribution >= 0.6 is 0 Å². The number of aromatic nitrogens is 1. The lowest BCUT2D eigenvalue weighted by Crippen LogP contribution is -2.40. The van der Waals surface area contributed by atoms with Gasteiger partial charge in [0, 0.05) is 19.3 Å². The van der Waals surface area contributed by atoms with E-state index in [-0.39, 0.29) is 10.9 Å². The number of rotatable bonds is 4. The van der Waals surface area contributed by atoms with Crippen molar-refractivity contribution in [3.63, 3.8) is 0 Å². The SMILES string of the molecule is CNc1ncccc1S(=O)(=O)NC1CCC(C)C(C)C1. The van der Waals surface area contributed by atoms with Gasteiger partial charge in [-0.05, 0) is 43.2 Å². The van der Waals surface area contributed by atoms with Gasteiger partial charge < -0.3 is 5.32 Å². The van der Waals surface area contributed by atoms with Crippen molar-refractivity contribution in [3.8, 4) is 0 Å². The molecule has 1 aliphatic rings. The van der Waals surface area contributed by atoms with Gasteiger partial charge in [-0.15, -0.1) is 0 Å². The molecule has 0 bridgehead atoms. The van der Waals surface area contributed by atoms with E-state index in [0.29, 0.717) is 17.7 Å². The Bertz CT molecular complexity index is 559. The van der Waals surface area contributed by atoms with Crippen molar-refractivity contribution >= 4 is 15.8 Å². The first-order valence-electron chi connectivity index (χ1n) is 7.09. The molecule has 3 unspecified atom stereocenters. The van der Waals surface area contributed by atoms with Gasteiger partial charge in [-0.25, -0.2) is 18.1 Å². The third-order valence-electron chi connectivity index (χ3n) is 4.22. The Morgan fingerprint density at radius 3 is 2.65 bits per heavy atom. The summed E-state index contributed by atoms with van der Waals surface area (Å²) in [5, 5.41) is 2.82. The van der Waals surface area contributed by atoms with E-state index in [4.69, 9.17) is 0 Å². The second-order valence-corrected chi connectivity index (χ2v) is 7.37. The summed E-state index contributed by atoms with van der Waals surface area (Å²) >= 11 is 0. The van der Waals surface area contributed by atoms with Crippen LogP contribution in [0.25, 0.3) is 0 Å². The number of nitrogens with one attached hydrogen (secondary N) is 2. The molecule has 20 heavy (non-hydrogen) atoms. The molecule has 1 aromatic heterocycles. The fraction of sp³-hybridized carbons (Fsp3) is 0.643. The lowest BCUT2D eigenvalue weighted by molar-refractivity contribution is 0.242. The maximum absolute atomic E-state index is 12.5. The first kappa shape index (κ1) is 15.3. The Balaban J connectivity index is 2.15. The van der Waals surface area contributed by atoms with Crippen LogP contribution in [0.2, 0.25) is 0 Å². The number of hydrogen-bond acceptors (Lipinski definition) is 4. The number of nitrogens with zero attached hydrogens (tertiary/aromatic N) is 1. The van der Waals surface area contributed by atoms with Crippen LogP contribution < -0.4 is 10.0 Å². The highest BCUT2D eigenvalue weighted by atomic mass is 32.2. The molecule has 0 saturated heterocycles. The predicted octanol–water partition coefficient (Wildman–Crippen LogP) is 2.23. The summed E-state index contributed by atoms with van der Waals surface area (Å²) in [6.07, 6.45) is 4.45. The van der Waals surface area contributed by atoms with Crippen LogP contribution in [-0.4, -0.2) is 26.5 Å². The van der Waals surface area contributed by atoms with E-state index in [0.717, 1.165) is 19.3 Å². The quantitative estimate of drug-likeness (QED) is 0.894. The van der Waals surface area contributed by atoms with Crippen LogP contribution in [0, 0.1) is 11.8 Å². The molecule has 0 aliphatic heterocycles. The molecule has 1 aromatic rings. The average Bonchev–Trinajstić information content (AvgIpc) is 2.42. The zero-order chi connectivity index (χ0) is 14.8. The molecule has 5 nitrogen and oxygen atoms in total. The molecule has 2 N–H and O–H groups in total. The highest BCUT2D eigenvalue weighted by molar-refractivity contribution is 7.89. The maximum Gasteiger partial charge on any atom is 0.244 e. The van der Waals surface area contributed by atoms with E-state index < -0.39 is 10.0 Å². The summed E-state index contributed by atoms with van der Waals surface area (Å²) in [4.78, 5) is 4.27. The Labute approximate surface area is 121 Å². The second kappa shape index (κ2) is 6.10. The van der Waals surface area contributed by atoms with E-state index >= 15 is 0 Å². The van der Waals surface area contributed by atoms with Gasteiger partial charge in [0.2, 0.25) is 10.0 Å². The molecule has 0 radical (unpaired) electrons. The van der Waals surface area contributed by atoms with Crippen LogP contribution in [0.3, 0.4) is 0 Å². The van der Waals surface area contributed by atoms with Gasteiger partial charge in [0.1, 0.15) is 10.7 Å². The monoisotopic (exact) mass is 297 g/mol. The largest absolute Gasteiger partial charge is 0.372 e. The number of anilines is 1. The fourth-order valence-electron chi connectivity index (χ4n) is 2.73. The van der Waals surface area contributed by atoms with Crippen LogP contribution in [0.4, 0.5) is 5.82 Å². The number of pyridine rings is 1. The third-order valence-corrected chi connectivity index (χ3v) is 5.77. The van der Waals surface area contributed by atoms with E-state index in [1.165, 1.54) is 0 Å². The molecular formula is C14H23N3O2S. The first-order valence-corrected chi connectivity index (χ1v) is 8.57. The van der Waals surface area contributed by atoms with Gasteiger partial charge in [-0.2, -0.15) is 0 Å². The molecule has 3 atom stereocenters. The normalized spacial score (nSPS) is 27.2. The Kier molecular flexibility index (Phi) is 4.65. The molecule has 6 heteroatoms. The van der Waals surface area contributed by atoms with E-state index in [2.05, 4.69) is 28.9 Å². The van der Waals surface area contributed by atoms with Crippen molar-refractivity contribution in [2.24, 2.45) is 11.8 Å². The summed E-state index contributed by atoms with van der Waals surface area (Å²) < 4.78 is 27.8. The molecule has 112 valence electrons. The molecule has 0 amide bonds. The van der Waals surface area contributed by atoms with Crippen molar-refractivity contribution in [2.75, 3.05) is 12.4 Å². The molecule has 1 aliphatic carbocycles. The Morgan fingerprint density at radius 1 is 1.25 bits per heavy atom. The average molecular weight is 297 g/mol. The zero-order valence-corrected chi connectivity index (χ0v) is 13.1. The van der Waals surface area contributed by atoms with E-state index in [1.807, 2.05) is 0 Å². The Morgan fingerprint density at radius 2 is 2.00 bits per heavy atom. The lowest BCUT2D eigenvalue weighted by atomic mass is 9.79. The standard InChI is InChI=1S/C14H23N3O2S/c1-10-6-7-12(9-11(10)2)17-20(18,19)13-5-4-8-16-14(13)15-3/h4-5,8,10-12,17H,6-7,9H2,1-3H3,(H,15,16). The highest BCUT2D eigenvalue weighted by Gasteiger charge is 2.29.